The van der Waals surface area contributed by atoms with Crippen LogP contribution in [0.3, 0.4) is 0 Å². The third-order valence-electron chi connectivity index (χ3n) is 3.24. The van der Waals surface area contributed by atoms with Crippen LogP contribution in [-0.2, 0) is 0 Å². The maximum Gasteiger partial charge on any atom is 0.271 e. The van der Waals surface area contributed by atoms with Gasteiger partial charge in [-0.2, -0.15) is 5.10 Å². The molecule has 1 amide bonds. The van der Waals surface area contributed by atoms with E-state index in [1.165, 1.54) is 6.21 Å². The quantitative estimate of drug-likeness (QED) is 0.429. The zero-order valence-electron chi connectivity index (χ0n) is 13.3. The van der Waals surface area contributed by atoms with Crippen molar-refractivity contribution < 1.29 is 9.53 Å². The van der Waals surface area contributed by atoms with E-state index in [2.05, 4.69) is 17.5 Å². The van der Waals surface area contributed by atoms with Crippen LogP contribution in [-0.4, -0.2) is 18.7 Å². The average Bonchev–Trinajstić information content (AvgIpc) is 2.58. The van der Waals surface area contributed by atoms with Gasteiger partial charge in [-0.3, -0.25) is 4.79 Å². The number of hydrogen-bond acceptors (Lipinski definition) is 3. The first-order valence-electron chi connectivity index (χ1n) is 7.62. The smallest absolute Gasteiger partial charge is 0.271 e. The van der Waals surface area contributed by atoms with E-state index in [9.17, 15) is 4.79 Å². The van der Waals surface area contributed by atoms with Crippen LogP contribution in [0, 0.1) is 0 Å². The van der Waals surface area contributed by atoms with Crippen molar-refractivity contribution in [2.75, 3.05) is 6.61 Å². The summed E-state index contributed by atoms with van der Waals surface area (Å²) in [6.45, 7) is 2.78. The van der Waals surface area contributed by atoms with Gasteiger partial charge < -0.3 is 4.74 Å². The lowest BCUT2D eigenvalue weighted by Gasteiger charge is -2.06. The molecule has 0 aliphatic carbocycles. The first kappa shape index (κ1) is 18.3. The van der Waals surface area contributed by atoms with Gasteiger partial charge in [0.05, 0.1) is 22.9 Å². The Balaban J connectivity index is 1.94. The Kier molecular flexibility index (Phi) is 7.09. The highest BCUT2D eigenvalue weighted by Gasteiger charge is 2.05. The van der Waals surface area contributed by atoms with E-state index in [1.54, 1.807) is 42.5 Å². The first-order chi connectivity index (χ1) is 11.6. The van der Waals surface area contributed by atoms with Crippen molar-refractivity contribution >= 4 is 35.3 Å². The van der Waals surface area contributed by atoms with E-state index >= 15 is 0 Å². The van der Waals surface area contributed by atoms with Crippen LogP contribution in [0.2, 0.25) is 10.0 Å². The summed E-state index contributed by atoms with van der Waals surface area (Å²) in [7, 11) is 0. The predicted molar refractivity (Wildman–Crippen MR) is 98.4 cm³/mol. The second-order valence-electron chi connectivity index (χ2n) is 5.06. The summed E-state index contributed by atoms with van der Waals surface area (Å²) >= 11 is 12.1. The number of halogens is 2. The minimum atomic E-state index is -0.325. The molecular weight excluding hydrogens is 347 g/mol. The molecule has 2 aromatic rings. The lowest BCUT2D eigenvalue weighted by Crippen LogP contribution is -2.17. The van der Waals surface area contributed by atoms with Crippen molar-refractivity contribution in [3.63, 3.8) is 0 Å². The molecule has 4 nitrogen and oxygen atoms in total. The fourth-order valence-electron chi connectivity index (χ4n) is 1.89. The SMILES string of the molecule is CCCCOc1ccc(C(=O)N/N=C/c2c(Cl)cccc2Cl)cc1. The summed E-state index contributed by atoms with van der Waals surface area (Å²) in [6, 6.07) is 12.0. The van der Waals surface area contributed by atoms with E-state index < -0.39 is 0 Å². The maximum atomic E-state index is 12.0. The third kappa shape index (κ3) is 5.25. The van der Waals surface area contributed by atoms with Gasteiger partial charge in [0.1, 0.15) is 5.75 Å². The van der Waals surface area contributed by atoms with Crippen LogP contribution in [0.4, 0.5) is 0 Å². The molecule has 0 aromatic heterocycles. The highest BCUT2D eigenvalue weighted by Crippen LogP contribution is 2.22. The average molecular weight is 365 g/mol. The molecule has 0 bridgehead atoms. The molecule has 24 heavy (non-hydrogen) atoms. The van der Waals surface area contributed by atoms with Crippen molar-refractivity contribution in [1.29, 1.82) is 0 Å². The van der Waals surface area contributed by atoms with Crippen LogP contribution in [0.15, 0.2) is 47.6 Å². The van der Waals surface area contributed by atoms with Crippen LogP contribution < -0.4 is 10.2 Å². The van der Waals surface area contributed by atoms with Crippen molar-refractivity contribution in [1.82, 2.24) is 5.43 Å². The molecule has 0 unspecified atom stereocenters. The Morgan fingerprint density at radius 2 is 1.83 bits per heavy atom. The summed E-state index contributed by atoms with van der Waals surface area (Å²) in [5.74, 6) is 0.417. The molecule has 0 radical (unpaired) electrons. The number of unbranched alkanes of at least 4 members (excludes halogenated alkanes) is 1. The van der Waals surface area contributed by atoms with Crippen molar-refractivity contribution in [2.45, 2.75) is 19.8 Å². The zero-order valence-corrected chi connectivity index (χ0v) is 14.8. The Labute approximate surface area is 151 Å². The van der Waals surface area contributed by atoms with Gasteiger partial charge in [0.2, 0.25) is 0 Å². The molecule has 126 valence electrons. The summed E-state index contributed by atoms with van der Waals surface area (Å²) in [6.07, 6.45) is 3.50. The molecule has 1 N–H and O–H groups in total. The summed E-state index contributed by atoms with van der Waals surface area (Å²) in [5.41, 5.74) is 3.49. The number of nitrogens with one attached hydrogen (secondary N) is 1. The summed E-state index contributed by atoms with van der Waals surface area (Å²) in [5, 5.41) is 4.83. The second-order valence-corrected chi connectivity index (χ2v) is 5.88. The number of carbonyl (C=O) groups is 1. The summed E-state index contributed by atoms with van der Waals surface area (Å²) < 4.78 is 5.56. The van der Waals surface area contributed by atoms with Crippen LogP contribution in [0.25, 0.3) is 0 Å². The number of ether oxygens (including phenoxy) is 1. The molecule has 0 aliphatic rings. The van der Waals surface area contributed by atoms with Gasteiger partial charge in [0.25, 0.3) is 5.91 Å². The third-order valence-corrected chi connectivity index (χ3v) is 3.90. The molecule has 0 heterocycles. The number of hydrogen-bond donors (Lipinski definition) is 1. The topological polar surface area (TPSA) is 50.7 Å². The van der Waals surface area contributed by atoms with Gasteiger partial charge in [-0.15, -0.1) is 0 Å². The largest absolute Gasteiger partial charge is 0.494 e. The van der Waals surface area contributed by atoms with E-state index in [1.807, 2.05) is 0 Å². The van der Waals surface area contributed by atoms with Gasteiger partial charge in [0.15, 0.2) is 0 Å². The van der Waals surface area contributed by atoms with E-state index in [0.29, 0.717) is 27.8 Å². The van der Waals surface area contributed by atoms with E-state index in [4.69, 9.17) is 27.9 Å². The standard InChI is InChI=1S/C18H18Cl2N2O2/c1-2-3-11-24-14-9-7-13(8-10-14)18(23)22-21-12-15-16(19)5-4-6-17(15)20/h4-10,12H,2-3,11H2,1H3,(H,22,23)/b21-12+. The van der Waals surface area contributed by atoms with Crippen LogP contribution >= 0.6 is 23.2 Å². The van der Waals surface area contributed by atoms with Crippen LogP contribution in [0.5, 0.6) is 5.75 Å². The molecule has 6 heteroatoms. The molecule has 2 rings (SSSR count). The van der Waals surface area contributed by atoms with Gasteiger partial charge in [-0.05, 0) is 42.8 Å². The molecule has 0 saturated carbocycles. The Morgan fingerprint density at radius 3 is 2.46 bits per heavy atom. The number of rotatable bonds is 7. The summed E-state index contributed by atoms with van der Waals surface area (Å²) in [4.78, 5) is 12.0. The number of hydrazone groups is 1. The molecule has 0 fully saturated rings. The van der Waals surface area contributed by atoms with E-state index in [-0.39, 0.29) is 5.91 Å². The highest BCUT2D eigenvalue weighted by atomic mass is 35.5. The molecular formula is C18H18Cl2N2O2. The fraction of sp³-hybridized carbons (Fsp3) is 0.222. The number of amides is 1. The normalized spacial score (nSPS) is 10.8. The van der Waals surface area contributed by atoms with Gasteiger partial charge in [0, 0.05) is 11.1 Å². The van der Waals surface area contributed by atoms with Gasteiger partial charge in [-0.1, -0.05) is 42.6 Å². The molecule has 0 atom stereocenters. The van der Waals surface area contributed by atoms with E-state index in [0.717, 1.165) is 18.6 Å². The minimum Gasteiger partial charge on any atom is -0.494 e. The Hall–Kier alpha value is -2.04. The molecule has 2 aromatic carbocycles. The van der Waals surface area contributed by atoms with Crippen molar-refractivity contribution in [3.05, 3.63) is 63.6 Å². The lowest BCUT2D eigenvalue weighted by atomic mass is 10.2. The molecule has 0 aliphatic heterocycles. The second kappa shape index (κ2) is 9.30. The molecule has 0 saturated heterocycles. The van der Waals surface area contributed by atoms with Crippen LogP contribution in [0.1, 0.15) is 35.7 Å². The van der Waals surface area contributed by atoms with Crippen molar-refractivity contribution in [3.8, 4) is 5.75 Å². The number of carbonyl (C=O) groups excluding carboxylic acids is 1. The Morgan fingerprint density at radius 1 is 1.17 bits per heavy atom. The number of benzene rings is 2. The molecule has 0 spiro atoms. The first-order valence-corrected chi connectivity index (χ1v) is 8.37. The predicted octanol–water partition coefficient (Wildman–Crippen LogP) is 4.94. The van der Waals surface area contributed by atoms with Gasteiger partial charge >= 0.3 is 0 Å². The highest BCUT2D eigenvalue weighted by molar-refractivity contribution is 6.38. The van der Waals surface area contributed by atoms with Crippen molar-refractivity contribution in [2.24, 2.45) is 5.10 Å². The lowest BCUT2D eigenvalue weighted by molar-refractivity contribution is 0.0955. The number of nitrogens with zero attached hydrogens (tertiary/aromatic N) is 1. The maximum absolute atomic E-state index is 12.0. The monoisotopic (exact) mass is 364 g/mol. The minimum absolute atomic E-state index is 0.325. The zero-order chi connectivity index (χ0) is 17.4. The fourth-order valence-corrected chi connectivity index (χ4v) is 2.39. The van der Waals surface area contributed by atoms with Gasteiger partial charge in [-0.25, -0.2) is 5.43 Å². The Bertz CT molecular complexity index is 695.